The predicted molar refractivity (Wildman–Crippen MR) is 70.0 cm³/mol. The lowest BCUT2D eigenvalue weighted by Gasteiger charge is -2.08. The summed E-state index contributed by atoms with van der Waals surface area (Å²) >= 11 is 1.15. The SMILES string of the molecule is Cc1cccc2cc(C(NN)c3cnsn3)oc12. The van der Waals surface area contributed by atoms with Gasteiger partial charge in [-0.25, -0.2) is 5.43 Å². The van der Waals surface area contributed by atoms with Gasteiger partial charge in [0, 0.05) is 5.39 Å². The molecule has 0 spiro atoms. The summed E-state index contributed by atoms with van der Waals surface area (Å²) in [6, 6.07) is 7.75. The second-order valence-electron chi connectivity index (χ2n) is 4.07. The predicted octanol–water partition coefficient (Wildman–Crippen LogP) is 2.15. The van der Waals surface area contributed by atoms with Crippen LogP contribution in [-0.4, -0.2) is 8.75 Å². The fourth-order valence-corrected chi connectivity index (χ4v) is 2.43. The number of rotatable bonds is 3. The summed E-state index contributed by atoms with van der Waals surface area (Å²) in [6.07, 6.45) is 1.69. The molecule has 1 atom stereocenters. The Labute approximate surface area is 108 Å². The minimum atomic E-state index is -0.268. The van der Waals surface area contributed by atoms with E-state index in [9.17, 15) is 0 Å². The Balaban J connectivity index is 2.11. The van der Waals surface area contributed by atoms with Gasteiger partial charge in [0.1, 0.15) is 23.1 Å². The van der Waals surface area contributed by atoms with E-state index in [0.717, 1.165) is 39.7 Å². The van der Waals surface area contributed by atoms with E-state index in [1.807, 2.05) is 31.2 Å². The highest BCUT2D eigenvalue weighted by molar-refractivity contribution is 6.99. The Morgan fingerprint density at radius 2 is 2.33 bits per heavy atom. The molecule has 0 fully saturated rings. The maximum absolute atomic E-state index is 5.87. The first-order chi connectivity index (χ1) is 8.79. The summed E-state index contributed by atoms with van der Waals surface area (Å²) in [5.74, 6) is 6.33. The Morgan fingerprint density at radius 3 is 3.00 bits per heavy atom. The third-order valence-corrected chi connectivity index (χ3v) is 3.38. The molecule has 2 aromatic heterocycles. The van der Waals surface area contributed by atoms with E-state index in [2.05, 4.69) is 14.2 Å². The van der Waals surface area contributed by atoms with Crippen LogP contribution in [0, 0.1) is 6.92 Å². The summed E-state index contributed by atoms with van der Waals surface area (Å²) in [5, 5.41) is 1.06. The number of aryl methyl sites for hydroxylation is 1. The summed E-state index contributed by atoms with van der Waals surface area (Å²) in [4.78, 5) is 0. The van der Waals surface area contributed by atoms with E-state index in [4.69, 9.17) is 10.3 Å². The Morgan fingerprint density at radius 1 is 1.44 bits per heavy atom. The second-order valence-corrected chi connectivity index (χ2v) is 4.63. The summed E-state index contributed by atoms with van der Waals surface area (Å²) in [5.41, 5.74) is 5.46. The molecule has 0 aliphatic heterocycles. The average Bonchev–Trinajstić information content (AvgIpc) is 3.00. The van der Waals surface area contributed by atoms with E-state index in [1.165, 1.54) is 0 Å². The van der Waals surface area contributed by atoms with Crippen molar-refractivity contribution in [2.75, 3.05) is 0 Å². The number of hydrogen-bond acceptors (Lipinski definition) is 6. The summed E-state index contributed by atoms with van der Waals surface area (Å²) < 4.78 is 14.0. The van der Waals surface area contributed by atoms with Crippen molar-refractivity contribution in [2.24, 2.45) is 5.84 Å². The number of nitrogens with one attached hydrogen (secondary N) is 1. The first-order valence-corrected chi connectivity index (χ1v) is 6.25. The van der Waals surface area contributed by atoms with Crippen LogP contribution in [0.15, 0.2) is 34.9 Å². The van der Waals surface area contributed by atoms with Gasteiger partial charge in [-0.1, -0.05) is 18.2 Å². The maximum Gasteiger partial charge on any atom is 0.137 e. The lowest BCUT2D eigenvalue weighted by molar-refractivity contribution is 0.472. The van der Waals surface area contributed by atoms with Crippen molar-refractivity contribution in [3.8, 4) is 0 Å². The van der Waals surface area contributed by atoms with Crippen molar-refractivity contribution in [3.63, 3.8) is 0 Å². The molecular weight excluding hydrogens is 248 g/mol. The van der Waals surface area contributed by atoms with Crippen LogP contribution in [0.1, 0.15) is 23.1 Å². The van der Waals surface area contributed by atoms with Crippen molar-refractivity contribution in [3.05, 3.63) is 47.5 Å². The first-order valence-electron chi connectivity index (χ1n) is 5.52. The van der Waals surface area contributed by atoms with Gasteiger partial charge in [0.25, 0.3) is 0 Å². The number of hydrazine groups is 1. The fraction of sp³-hybridized carbons (Fsp3) is 0.167. The first kappa shape index (κ1) is 11.3. The summed E-state index contributed by atoms with van der Waals surface area (Å²) in [6.45, 7) is 2.02. The molecule has 5 nitrogen and oxygen atoms in total. The topological polar surface area (TPSA) is 77.0 Å². The van der Waals surface area contributed by atoms with Crippen molar-refractivity contribution in [1.82, 2.24) is 14.2 Å². The van der Waals surface area contributed by atoms with Gasteiger partial charge in [0.2, 0.25) is 0 Å². The number of nitrogens with zero attached hydrogens (tertiary/aromatic N) is 2. The molecule has 2 heterocycles. The fourth-order valence-electron chi connectivity index (χ4n) is 1.98. The molecular formula is C12H12N4OS. The van der Waals surface area contributed by atoms with Crippen molar-refractivity contribution < 1.29 is 4.42 Å². The molecule has 3 N–H and O–H groups in total. The van der Waals surface area contributed by atoms with Crippen molar-refractivity contribution >= 4 is 22.7 Å². The maximum atomic E-state index is 5.87. The summed E-state index contributed by atoms with van der Waals surface area (Å²) in [7, 11) is 0. The van der Waals surface area contributed by atoms with Gasteiger partial charge in [-0.05, 0) is 18.6 Å². The number of fused-ring (bicyclic) bond motifs is 1. The number of benzene rings is 1. The number of hydrogen-bond donors (Lipinski definition) is 2. The zero-order valence-electron chi connectivity index (χ0n) is 9.75. The van der Waals surface area contributed by atoms with Gasteiger partial charge in [-0.2, -0.15) is 8.75 Å². The van der Waals surface area contributed by atoms with Crippen molar-refractivity contribution in [2.45, 2.75) is 13.0 Å². The quantitative estimate of drug-likeness (QED) is 0.557. The molecule has 3 rings (SSSR count). The van der Waals surface area contributed by atoms with Crippen LogP contribution >= 0.6 is 11.7 Å². The van der Waals surface area contributed by atoms with Gasteiger partial charge in [0.05, 0.1) is 17.9 Å². The molecule has 0 amide bonds. The van der Waals surface area contributed by atoms with Crippen molar-refractivity contribution in [1.29, 1.82) is 0 Å². The van der Waals surface area contributed by atoms with Crippen LogP contribution in [-0.2, 0) is 0 Å². The van der Waals surface area contributed by atoms with Crippen LogP contribution < -0.4 is 11.3 Å². The van der Waals surface area contributed by atoms with Crippen LogP contribution in [0.4, 0.5) is 0 Å². The zero-order chi connectivity index (χ0) is 12.5. The van der Waals surface area contributed by atoms with Crippen LogP contribution in [0.2, 0.25) is 0 Å². The number of furan rings is 1. The molecule has 0 bridgehead atoms. The minimum Gasteiger partial charge on any atom is -0.459 e. The lowest BCUT2D eigenvalue weighted by atomic mass is 10.1. The molecule has 0 aliphatic rings. The molecule has 0 saturated heterocycles. The van der Waals surface area contributed by atoms with Crippen LogP contribution in [0.5, 0.6) is 0 Å². The average molecular weight is 260 g/mol. The minimum absolute atomic E-state index is 0.268. The number of para-hydroxylation sites is 1. The van der Waals surface area contributed by atoms with Gasteiger partial charge in [0.15, 0.2) is 0 Å². The van der Waals surface area contributed by atoms with E-state index >= 15 is 0 Å². The highest BCUT2D eigenvalue weighted by atomic mass is 32.1. The molecule has 1 unspecified atom stereocenters. The molecule has 3 aromatic rings. The molecule has 0 saturated carbocycles. The van der Waals surface area contributed by atoms with E-state index in [-0.39, 0.29) is 6.04 Å². The molecule has 1 aromatic carbocycles. The molecule has 18 heavy (non-hydrogen) atoms. The van der Waals surface area contributed by atoms with E-state index < -0.39 is 0 Å². The van der Waals surface area contributed by atoms with Gasteiger partial charge < -0.3 is 4.42 Å². The lowest BCUT2D eigenvalue weighted by Crippen LogP contribution is -2.28. The largest absolute Gasteiger partial charge is 0.459 e. The highest BCUT2D eigenvalue weighted by Gasteiger charge is 2.19. The van der Waals surface area contributed by atoms with Gasteiger partial charge in [-0.15, -0.1) is 0 Å². The Hall–Kier alpha value is -1.76. The second kappa shape index (κ2) is 4.49. The molecule has 0 radical (unpaired) electrons. The van der Waals surface area contributed by atoms with Gasteiger partial charge in [-0.3, -0.25) is 5.84 Å². The molecule has 92 valence electrons. The smallest absolute Gasteiger partial charge is 0.137 e. The third kappa shape index (κ3) is 1.80. The van der Waals surface area contributed by atoms with Gasteiger partial charge >= 0.3 is 0 Å². The highest BCUT2D eigenvalue weighted by Crippen LogP contribution is 2.28. The number of aromatic nitrogens is 2. The standard InChI is InChI=1S/C12H12N4OS/c1-7-3-2-4-8-5-10(17-12(7)8)11(15-13)9-6-14-18-16-9/h2-6,11,15H,13H2,1H3. The van der Waals surface area contributed by atoms with Crippen LogP contribution in [0.3, 0.4) is 0 Å². The zero-order valence-corrected chi connectivity index (χ0v) is 10.6. The van der Waals surface area contributed by atoms with E-state index in [1.54, 1.807) is 6.20 Å². The van der Waals surface area contributed by atoms with Crippen LogP contribution in [0.25, 0.3) is 11.0 Å². The molecule has 6 heteroatoms. The monoisotopic (exact) mass is 260 g/mol. The third-order valence-electron chi connectivity index (χ3n) is 2.89. The Bertz CT molecular complexity index is 662. The number of nitrogens with two attached hydrogens (primary N) is 1. The normalized spacial score (nSPS) is 13.0. The Kier molecular flexibility index (Phi) is 2.83. The van der Waals surface area contributed by atoms with E-state index in [0.29, 0.717) is 0 Å². The molecule has 0 aliphatic carbocycles.